The SMILES string of the molecule is CC[C@@H](NC(=O)c1cn2cc(C)ccc2n1)c1cc(C)ccn1. The Morgan fingerprint density at radius 3 is 2.78 bits per heavy atom. The summed E-state index contributed by atoms with van der Waals surface area (Å²) in [5, 5.41) is 3.02. The minimum Gasteiger partial charge on any atom is -0.342 e. The summed E-state index contributed by atoms with van der Waals surface area (Å²) in [6.07, 6.45) is 6.26. The molecule has 0 aliphatic heterocycles. The summed E-state index contributed by atoms with van der Waals surface area (Å²) >= 11 is 0. The van der Waals surface area contributed by atoms with E-state index in [2.05, 4.69) is 15.3 Å². The van der Waals surface area contributed by atoms with Crippen molar-refractivity contribution < 1.29 is 4.79 Å². The molecule has 1 amide bonds. The molecule has 3 rings (SSSR count). The number of hydrogen-bond donors (Lipinski definition) is 1. The van der Waals surface area contributed by atoms with Crippen molar-refractivity contribution in [3.63, 3.8) is 0 Å². The summed E-state index contributed by atoms with van der Waals surface area (Å²) in [5.41, 5.74) is 4.31. The number of fused-ring (bicyclic) bond motifs is 1. The highest BCUT2D eigenvalue weighted by atomic mass is 16.2. The van der Waals surface area contributed by atoms with Crippen LogP contribution in [0.4, 0.5) is 0 Å². The Kier molecular flexibility index (Phi) is 4.10. The van der Waals surface area contributed by atoms with E-state index in [0.29, 0.717) is 5.69 Å². The summed E-state index contributed by atoms with van der Waals surface area (Å²) in [5.74, 6) is -0.179. The minimum atomic E-state index is -0.179. The zero-order valence-electron chi connectivity index (χ0n) is 13.6. The molecule has 3 aromatic heterocycles. The molecule has 0 aliphatic carbocycles. The summed E-state index contributed by atoms with van der Waals surface area (Å²) in [6.45, 7) is 6.06. The number of pyridine rings is 2. The lowest BCUT2D eigenvalue weighted by Gasteiger charge is -2.16. The highest BCUT2D eigenvalue weighted by molar-refractivity contribution is 5.93. The lowest BCUT2D eigenvalue weighted by molar-refractivity contribution is 0.0930. The van der Waals surface area contributed by atoms with Gasteiger partial charge < -0.3 is 9.72 Å². The first kappa shape index (κ1) is 15.2. The number of aromatic nitrogens is 3. The lowest BCUT2D eigenvalue weighted by Crippen LogP contribution is -2.29. The van der Waals surface area contributed by atoms with Crippen LogP contribution in [0.5, 0.6) is 0 Å². The predicted molar refractivity (Wildman–Crippen MR) is 89.4 cm³/mol. The predicted octanol–water partition coefficient (Wildman–Crippen LogP) is 3.23. The summed E-state index contributed by atoms with van der Waals surface area (Å²) < 4.78 is 1.87. The van der Waals surface area contributed by atoms with Crippen molar-refractivity contribution in [1.29, 1.82) is 0 Å². The monoisotopic (exact) mass is 308 g/mol. The fraction of sp³-hybridized carbons (Fsp3) is 0.278. The molecule has 23 heavy (non-hydrogen) atoms. The second kappa shape index (κ2) is 6.20. The van der Waals surface area contributed by atoms with Gasteiger partial charge in [0.15, 0.2) is 0 Å². The van der Waals surface area contributed by atoms with Crippen LogP contribution in [0.1, 0.15) is 46.7 Å². The van der Waals surface area contributed by atoms with Gasteiger partial charge in [0.1, 0.15) is 11.3 Å². The fourth-order valence-corrected chi connectivity index (χ4v) is 2.58. The Balaban J connectivity index is 1.83. The number of imidazole rings is 1. The molecule has 0 aliphatic rings. The molecule has 3 aromatic rings. The number of carbonyl (C=O) groups is 1. The Morgan fingerprint density at radius 1 is 1.22 bits per heavy atom. The van der Waals surface area contributed by atoms with Crippen molar-refractivity contribution in [2.75, 3.05) is 0 Å². The van der Waals surface area contributed by atoms with Crippen LogP contribution in [0.2, 0.25) is 0 Å². The molecule has 0 spiro atoms. The van der Waals surface area contributed by atoms with E-state index in [4.69, 9.17) is 0 Å². The van der Waals surface area contributed by atoms with Crippen LogP contribution in [0.25, 0.3) is 5.65 Å². The van der Waals surface area contributed by atoms with Crippen molar-refractivity contribution in [1.82, 2.24) is 19.7 Å². The third-order valence-corrected chi connectivity index (χ3v) is 3.84. The molecular formula is C18H20N4O. The average molecular weight is 308 g/mol. The van der Waals surface area contributed by atoms with E-state index in [1.54, 1.807) is 12.4 Å². The second-order valence-corrected chi connectivity index (χ2v) is 5.79. The van der Waals surface area contributed by atoms with Gasteiger partial charge in [0, 0.05) is 18.6 Å². The number of nitrogens with one attached hydrogen (secondary N) is 1. The molecular weight excluding hydrogens is 288 g/mol. The molecule has 0 aromatic carbocycles. The third kappa shape index (κ3) is 3.23. The van der Waals surface area contributed by atoms with Crippen LogP contribution in [-0.2, 0) is 0 Å². The van der Waals surface area contributed by atoms with E-state index in [9.17, 15) is 4.79 Å². The number of hydrogen-bond acceptors (Lipinski definition) is 3. The second-order valence-electron chi connectivity index (χ2n) is 5.79. The molecule has 5 nitrogen and oxygen atoms in total. The van der Waals surface area contributed by atoms with E-state index in [-0.39, 0.29) is 11.9 Å². The maximum absolute atomic E-state index is 12.5. The zero-order chi connectivity index (χ0) is 16.4. The van der Waals surface area contributed by atoms with Crippen LogP contribution < -0.4 is 5.32 Å². The molecule has 0 saturated carbocycles. The van der Waals surface area contributed by atoms with Crippen LogP contribution in [0.15, 0.2) is 42.9 Å². The first-order valence-electron chi connectivity index (χ1n) is 7.75. The van der Waals surface area contributed by atoms with E-state index in [0.717, 1.165) is 28.9 Å². The number of amides is 1. The van der Waals surface area contributed by atoms with Crippen molar-refractivity contribution in [3.8, 4) is 0 Å². The number of carbonyl (C=O) groups excluding carboxylic acids is 1. The number of aryl methyl sites for hydroxylation is 2. The van der Waals surface area contributed by atoms with Crippen LogP contribution in [-0.4, -0.2) is 20.3 Å². The highest BCUT2D eigenvalue weighted by Crippen LogP contribution is 2.16. The summed E-state index contributed by atoms with van der Waals surface area (Å²) in [4.78, 5) is 21.3. The van der Waals surface area contributed by atoms with Gasteiger partial charge in [0.25, 0.3) is 5.91 Å². The van der Waals surface area contributed by atoms with Gasteiger partial charge in [0.05, 0.1) is 11.7 Å². The molecule has 118 valence electrons. The van der Waals surface area contributed by atoms with Gasteiger partial charge in [-0.15, -0.1) is 0 Å². The first-order chi connectivity index (χ1) is 11.1. The minimum absolute atomic E-state index is 0.117. The lowest BCUT2D eigenvalue weighted by atomic mass is 10.1. The highest BCUT2D eigenvalue weighted by Gasteiger charge is 2.17. The molecule has 3 heterocycles. The molecule has 1 atom stereocenters. The zero-order valence-corrected chi connectivity index (χ0v) is 13.6. The van der Waals surface area contributed by atoms with Gasteiger partial charge in [-0.2, -0.15) is 0 Å². The third-order valence-electron chi connectivity index (χ3n) is 3.84. The smallest absolute Gasteiger partial charge is 0.272 e. The molecule has 1 N–H and O–H groups in total. The Morgan fingerprint density at radius 2 is 2.04 bits per heavy atom. The molecule has 0 unspecified atom stereocenters. The van der Waals surface area contributed by atoms with Crippen molar-refractivity contribution in [3.05, 3.63) is 65.4 Å². The maximum atomic E-state index is 12.5. The van der Waals surface area contributed by atoms with E-state index < -0.39 is 0 Å². The Labute approximate surface area is 135 Å². The summed E-state index contributed by atoms with van der Waals surface area (Å²) in [7, 11) is 0. The number of rotatable bonds is 4. The molecule has 0 radical (unpaired) electrons. The molecule has 0 fully saturated rings. The summed E-state index contributed by atoms with van der Waals surface area (Å²) in [6, 6.07) is 7.72. The van der Waals surface area contributed by atoms with E-state index >= 15 is 0 Å². The standard InChI is InChI=1S/C18H20N4O/c1-4-14(15-9-12(2)7-8-19-15)21-18(23)16-11-22-10-13(3)5-6-17(22)20-16/h5-11,14H,4H2,1-3H3,(H,21,23)/t14-/m1/s1. The average Bonchev–Trinajstić information content (AvgIpc) is 2.95. The largest absolute Gasteiger partial charge is 0.342 e. The molecule has 0 saturated heterocycles. The normalized spacial score (nSPS) is 12.3. The van der Waals surface area contributed by atoms with Crippen molar-refractivity contribution >= 4 is 11.6 Å². The van der Waals surface area contributed by atoms with Crippen molar-refractivity contribution in [2.45, 2.75) is 33.2 Å². The van der Waals surface area contributed by atoms with Gasteiger partial charge in [-0.3, -0.25) is 9.78 Å². The van der Waals surface area contributed by atoms with Gasteiger partial charge >= 0.3 is 0 Å². The van der Waals surface area contributed by atoms with Gasteiger partial charge in [-0.25, -0.2) is 4.98 Å². The van der Waals surface area contributed by atoms with Crippen LogP contribution >= 0.6 is 0 Å². The van der Waals surface area contributed by atoms with Gasteiger partial charge in [-0.05, 0) is 49.6 Å². The van der Waals surface area contributed by atoms with Crippen LogP contribution in [0, 0.1) is 13.8 Å². The van der Waals surface area contributed by atoms with Gasteiger partial charge in [0.2, 0.25) is 0 Å². The molecule has 0 bridgehead atoms. The fourth-order valence-electron chi connectivity index (χ4n) is 2.58. The quantitative estimate of drug-likeness (QED) is 0.805. The maximum Gasteiger partial charge on any atom is 0.272 e. The first-order valence-corrected chi connectivity index (χ1v) is 7.75. The topological polar surface area (TPSA) is 59.3 Å². The molecule has 5 heteroatoms. The number of nitrogens with zero attached hydrogens (tertiary/aromatic N) is 3. The van der Waals surface area contributed by atoms with Gasteiger partial charge in [-0.1, -0.05) is 13.0 Å². The van der Waals surface area contributed by atoms with Crippen LogP contribution in [0.3, 0.4) is 0 Å². The van der Waals surface area contributed by atoms with E-state index in [1.807, 2.05) is 55.6 Å². The van der Waals surface area contributed by atoms with Crippen molar-refractivity contribution in [2.24, 2.45) is 0 Å². The Bertz CT molecular complexity index is 853. The Hall–Kier alpha value is -2.69. The van der Waals surface area contributed by atoms with E-state index in [1.165, 1.54) is 0 Å².